The average Bonchev–Trinajstić information content (AvgIpc) is 3.44. The zero-order valence-electron chi connectivity index (χ0n) is 21.6. The van der Waals surface area contributed by atoms with Crippen LogP contribution in [-0.2, 0) is 11.2 Å². The Morgan fingerprint density at radius 3 is 2.67 bits per heavy atom. The predicted molar refractivity (Wildman–Crippen MR) is 146 cm³/mol. The fraction of sp³-hybridized carbons (Fsp3) is 0.300. The molecule has 1 unspecified atom stereocenters. The summed E-state index contributed by atoms with van der Waals surface area (Å²) in [6.07, 6.45) is 5.97. The van der Waals surface area contributed by atoms with E-state index in [-0.39, 0.29) is 29.1 Å². The van der Waals surface area contributed by atoms with Crippen LogP contribution in [0.4, 0.5) is 0 Å². The number of H-pyrrole nitrogens is 1. The van der Waals surface area contributed by atoms with Gasteiger partial charge in [0, 0.05) is 43.6 Å². The van der Waals surface area contributed by atoms with Crippen molar-refractivity contribution in [3.63, 3.8) is 0 Å². The topological polar surface area (TPSA) is 105 Å². The van der Waals surface area contributed by atoms with Crippen molar-refractivity contribution in [1.29, 1.82) is 0 Å². The molecule has 2 aliphatic heterocycles. The molecule has 1 fully saturated rings. The fourth-order valence-electron chi connectivity index (χ4n) is 6.13. The predicted octanol–water partition coefficient (Wildman–Crippen LogP) is 3.96. The van der Waals surface area contributed by atoms with Crippen LogP contribution in [-0.4, -0.2) is 55.1 Å². The summed E-state index contributed by atoms with van der Waals surface area (Å²) in [7, 11) is 0. The lowest BCUT2D eigenvalue weighted by molar-refractivity contribution is 0.0694. The monoisotopic (exact) mass is 520 g/mol. The SMILES string of the molecule is Cc1cc2c(cc1C(=O)N1CCc3ccccc3C1c1ccncc1)[nH]c(=O)c1nnc(C3CCOCC3)n12. The molecule has 0 aliphatic carbocycles. The number of aromatic amines is 1. The van der Waals surface area contributed by atoms with Crippen LogP contribution in [0, 0.1) is 6.92 Å². The van der Waals surface area contributed by atoms with Crippen LogP contribution in [0.2, 0.25) is 0 Å². The summed E-state index contributed by atoms with van der Waals surface area (Å²) in [5.41, 5.74) is 6.12. The van der Waals surface area contributed by atoms with E-state index in [9.17, 15) is 9.59 Å². The van der Waals surface area contributed by atoms with Crippen molar-refractivity contribution < 1.29 is 9.53 Å². The number of amides is 1. The Balaban J connectivity index is 1.35. The van der Waals surface area contributed by atoms with Crippen LogP contribution in [0.15, 0.2) is 65.7 Å². The minimum absolute atomic E-state index is 0.0694. The van der Waals surface area contributed by atoms with Gasteiger partial charge in [-0.05, 0) is 72.7 Å². The largest absolute Gasteiger partial charge is 0.381 e. The third kappa shape index (κ3) is 3.92. The van der Waals surface area contributed by atoms with Crippen molar-refractivity contribution in [2.24, 2.45) is 0 Å². The molecule has 9 heteroatoms. The second-order valence-corrected chi connectivity index (χ2v) is 10.4. The molecule has 1 atom stereocenters. The van der Waals surface area contributed by atoms with Gasteiger partial charge in [0.2, 0.25) is 5.65 Å². The maximum absolute atomic E-state index is 14.2. The molecule has 1 saturated heterocycles. The van der Waals surface area contributed by atoms with E-state index < -0.39 is 0 Å². The van der Waals surface area contributed by atoms with Crippen LogP contribution >= 0.6 is 0 Å². The van der Waals surface area contributed by atoms with Crippen molar-refractivity contribution in [2.45, 2.75) is 38.1 Å². The standard InChI is InChI=1S/C30H28N6O3/c1-18-16-25-24(32-29(37)28-34-33-27(36(25)28)21-9-14-39-15-10-21)17-23(18)30(38)35-13-8-19-4-2-3-5-22(19)26(35)20-6-11-31-12-7-20/h2-7,11-12,16-17,21,26H,8-10,13-15H2,1H3,(H,32,37). The lowest BCUT2D eigenvalue weighted by Gasteiger charge is -2.38. The molecule has 1 amide bonds. The number of rotatable bonds is 3. The first kappa shape index (κ1) is 23.7. The number of hydrogen-bond donors (Lipinski definition) is 1. The zero-order chi connectivity index (χ0) is 26.5. The van der Waals surface area contributed by atoms with E-state index in [4.69, 9.17) is 4.74 Å². The number of carbonyl (C=O) groups excluding carboxylic acids is 1. The van der Waals surface area contributed by atoms with Gasteiger partial charge in [-0.15, -0.1) is 10.2 Å². The molecule has 2 aromatic carbocycles. The molecule has 9 nitrogen and oxygen atoms in total. The Bertz CT molecular complexity index is 1770. The Morgan fingerprint density at radius 2 is 1.85 bits per heavy atom. The highest BCUT2D eigenvalue weighted by Gasteiger charge is 2.33. The van der Waals surface area contributed by atoms with Crippen molar-refractivity contribution in [3.05, 3.63) is 105 Å². The highest BCUT2D eigenvalue weighted by molar-refractivity contribution is 5.99. The minimum Gasteiger partial charge on any atom is -0.381 e. The van der Waals surface area contributed by atoms with Gasteiger partial charge in [0.25, 0.3) is 11.5 Å². The summed E-state index contributed by atoms with van der Waals surface area (Å²) < 4.78 is 7.39. The summed E-state index contributed by atoms with van der Waals surface area (Å²) >= 11 is 0. The van der Waals surface area contributed by atoms with E-state index in [0.29, 0.717) is 30.8 Å². The van der Waals surface area contributed by atoms with E-state index >= 15 is 0 Å². The normalized spacial score (nSPS) is 18.0. The summed E-state index contributed by atoms with van der Waals surface area (Å²) in [6, 6.07) is 15.8. The van der Waals surface area contributed by atoms with Gasteiger partial charge in [-0.2, -0.15) is 0 Å². The number of carbonyl (C=O) groups is 1. The molecule has 5 aromatic rings. The van der Waals surface area contributed by atoms with E-state index in [1.807, 2.05) is 52.6 Å². The Labute approximate surface area is 224 Å². The van der Waals surface area contributed by atoms with Crippen LogP contribution < -0.4 is 5.56 Å². The first-order valence-corrected chi connectivity index (χ1v) is 13.4. The molecule has 1 N–H and O–H groups in total. The Hall–Kier alpha value is -4.37. The van der Waals surface area contributed by atoms with E-state index in [2.05, 4.69) is 32.3 Å². The number of hydrogen-bond acceptors (Lipinski definition) is 6. The van der Waals surface area contributed by atoms with Crippen LogP contribution in [0.3, 0.4) is 0 Å². The van der Waals surface area contributed by atoms with Gasteiger partial charge in [0.15, 0.2) is 0 Å². The third-order valence-electron chi connectivity index (χ3n) is 8.11. The average molecular weight is 521 g/mol. The van der Waals surface area contributed by atoms with E-state index in [0.717, 1.165) is 47.3 Å². The number of ether oxygens (including phenoxy) is 1. The summed E-state index contributed by atoms with van der Waals surface area (Å²) in [5, 5.41) is 8.63. The van der Waals surface area contributed by atoms with Gasteiger partial charge < -0.3 is 14.6 Å². The molecule has 5 heterocycles. The maximum Gasteiger partial charge on any atom is 0.294 e. The van der Waals surface area contributed by atoms with Crippen LogP contribution in [0.1, 0.15) is 63.2 Å². The van der Waals surface area contributed by atoms with Crippen molar-refractivity contribution in [1.82, 2.24) is 29.5 Å². The Kier molecular flexibility index (Phi) is 5.73. The maximum atomic E-state index is 14.2. The van der Waals surface area contributed by atoms with Crippen molar-refractivity contribution in [3.8, 4) is 0 Å². The van der Waals surface area contributed by atoms with Gasteiger partial charge in [-0.3, -0.25) is 19.0 Å². The molecular formula is C30H28N6O3. The van der Waals surface area contributed by atoms with Crippen molar-refractivity contribution >= 4 is 22.6 Å². The number of fused-ring (bicyclic) bond motifs is 4. The fourth-order valence-corrected chi connectivity index (χ4v) is 6.13. The lowest BCUT2D eigenvalue weighted by atomic mass is 9.88. The smallest absolute Gasteiger partial charge is 0.294 e. The molecule has 196 valence electrons. The van der Waals surface area contributed by atoms with Gasteiger partial charge in [0.1, 0.15) is 5.82 Å². The first-order chi connectivity index (χ1) is 19.1. The molecule has 0 radical (unpaired) electrons. The van der Waals surface area contributed by atoms with Gasteiger partial charge in [-0.1, -0.05) is 24.3 Å². The quantitative estimate of drug-likeness (QED) is 0.386. The summed E-state index contributed by atoms with van der Waals surface area (Å²) in [6.45, 7) is 3.86. The second-order valence-electron chi connectivity index (χ2n) is 10.4. The molecule has 0 bridgehead atoms. The number of nitrogens with zero attached hydrogens (tertiary/aromatic N) is 5. The number of aromatic nitrogens is 5. The van der Waals surface area contributed by atoms with Gasteiger partial charge >= 0.3 is 0 Å². The summed E-state index contributed by atoms with van der Waals surface area (Å²) in [5.74, 6) is 0.864. The number of nitrogens with one attached hydrogen (secondary N) is 1. The Morgan fingerprint density at radius 1 is 1.05 bits per heavy atom. The minimum atomic E-state index is -0.322. The highest BCUT2D eigenvalue weighted by Crippen LogP contribution is 2.36. The molecule has 0 spiro atoms. The van der Waals surface area contributed by atoms with E-state index in [1.165, 1.54) is 5.56 Å². The molecule has 7 rings (SSSR count). The zero-order valence-corrected chi connectivity index (χ0v) is 21.6. The second kappa shape index (κ2) is 9.43. The molecule has 39 heavy (non-hydrogen) atoms. The van der Waals surface area contributed by atoms with E-state index in [1.54, 1.807) is 12.4 Å². The molecule has 0 saturated carbocycles. The van der Waals surface area contributed by atoms with Crippen LogP contribution in [0.25, 0.3) is 16.7 Å². The third-order valence-corrected chi connectivity index (χ3v) is 8.11. The number of aryl methyl sites for hydroxylation is 1. The number of pyridine rings is 1. The molecular weight excluding hydrogens is 492 g/mol. The molecule has 2 aliphatic rings. The van der Waals surface area contributed by atoms with Crippen LogP contribution in [0.5, 0.6) is 0 Å². The molecule has 3 aromatic heterocycles. The highest BCUT2D eigenvalue weighted by atomic mass is 16.5. The first-order valence-electron chi connectivity index (χ1n) is 13.4. The van der Waals surface area contributed by atoms with Gasteiger partial charge in [0.05, 0.1) is 17.1 Å². The van der Waals surface area contributed by atoms with Crippen molar-refractivity contribution in [2.75, 3.05) is 19.8 Å². The summed E-state index contributed by atoms with van der Waals surface area (Å²) in [4.78, 5) is 36.3. The van der Waals surface area contributed by atoms with Gasteiger partial charge in [-0.25, -0.2) is 0 Å². The number of benzene rings is 2. The lowest BCUT2D eigenvalue weighted by Crippen LogP contribution is -2.41.